The molecule has 0 aliphatic rings. The van der Waals surface area contributed by atoms with Crippen molar-refractivity contribution in [2.75, 3.05) is 5.73 Å². The Kier molecular flexibility index (Phi) is 2.90. The van der Waals surface area contributed by atoms with Gasteiger partial charge in [-0.2, -0.15) is 5.10 Å². The smallest absolute Gasteiger partial charge is 0.267 e. The topological polar surface area (TPSA) is 99.6 Å². The molecule has 3 aromatic rings. The second-order valence-electron chi connectivity index (χ2n) is 4.70. The van der Waals surface area contributed by atoms with Gasteiger partial charge in [0.1, 0.15) is 5.69 Å². The van der Waals surface area contributed by atoms with Crippen molar-refractivity contribution in [3.05, 3.63) is 47.4 Å². The van der Waals surface area contributed by atoms with Gasteiger partial charge in [-0.05, 0) is 19.1 Å². The minimum atomic E-state index is -0.166. The first-order valence-electron chi connectivity index (χ1n) is 6.29. The van der Waals surface area contributed by atoms with Crippen LogP contribution >= 0.6 is 0 Å². The Morgan fingerprint density at radius 1 is 1.45 bits per heavy atom. The van der Waals surface area contributed by atoms with Crippen LogP contribution < -0.4 is 11.1 Å². The third-order valence-corrected chi connectivity index (χ3v) is 3.31. The molecule has 2 heterocycles. The number of rotatable bonds is 3. The van der Waals surface area contributed by atoms with Gasteiger partial charge in [0.05, 0.1) is 17.4 Å². The normalized spacial score (nSPS) is 10.8. The van der Waals surface area contributed by atoms with E-state index in [1.54, 1.807) is 18.3 Å². The van der Waals surface area contributed by atoms with Crippen molar-refractivity contribution in [3.63, 3.8) is 0 Å². The van der Waals surface area contributed by atoms with Gasteiger partial charge in [-0.3, -0.25) is 9.89 Å². The van der Waals surface area contributed by atoms with Gasteiger partial charge in [0.25, 0.3) is 5.91 Å². The number of H-pyrrole nitrogens is 2. The molecule has 6 heteroatoms. The Bertz CT molecular complexity index is 771. The van der Waals surface area contributed by atoms with Gasteiger partial charge in [0.15, 0.2) is 0 Å². The lowest BCUT2D eigenvalue weighted by Crippen LogP contribution is -2.23. The van der Waals surface area contributed by atoms with Crippen LogP contribution in [0.15, 0.2) is 30.5 Å². The van der Waals surface area contributed by atoms with Crippen LogP contribution in [-0.2, 0) is 6.54 Å². The molecule has 1 amide bonds. The number of carbonyl (C=O) groups is 1. The summed E-state index contributed by atoms with van der Waals surface area (Å²) in [6, 6.07) is 7.37. The highest BCUT2D eigenvalue weighted by Gasteiger charge is 2.11. The summed E-state index contributed by atoms with van der Waals surface area (Å²) in [5, 5.41) is 10.5. The van der Waals surface area contributed by atoms with Crippen molar-refractivity contribution >= 4 is 22.5 Å². The highest BCUT2D eigenvalue weighted by Crippen LogP contribution is 2.21. The maximum Gasteiger partial charge on any atom is 0.267 e. The lowest BCUT2D eigenvalue weighted by Gasteiger charge is -2.02. The van der Waals surface area contributed by atoms with Crippen molar-refractivity contribution in [2.45, 2.75) is 13.5 Å². The molecule has 0 unspecified atom stereocenters. The van der Waals surface area contributed by atoms with E-state index in [-0.39, 0.29) is 5.91 Å². The third kappa shape index (κ3) is 2.11. The number of para-hydroxylation sites is 1. The molecule has 102 valence electrons. The number of benzene rings is 1. The number of nitrogens with zero attached hydrogens (tertiary/aromatic N) is 1. The number of aromatic amines is 2. The first-order chi connectivity index (χ1) is 9.65. The van der Waals surface area contributed by atoms with E-state index < -0.39 is 0 Å². The molecule has 0 radical (unpaired) electrons. The monoisotopic (exact) mass is 269 g/mol. The molecule has 0 bridgehead atoms. The molecule has 0 saturated carbocycles. The summed E-state index contributed by atoms with van der Waals surface area (Å²) in [5.41, 5.74) is 9.70. The van der Waals surface area contributed by atoms with Crippen LogP contribution in [-0.4, -0.2) is 21.1 Å². The number of nitrogen functional groups attached to an aromatic ring is 1. The zero-order chi connectivity index (χ0) is 14.1. The molecule has 0 spiro atoms. The van der Waals surface area contributed by atoms with Crippen molar-refractivity contribution < 1.29 is 4.79 Å². The number of nitrogens with two attached hydrogens (primary N) is 1. The first-order valence-corrected chi connectivity index (χ1v) is 6.29. The summed E-state index contributed by atoms with van der Waals surface area (Å²) in [7, 11) is 0. The molecule has 5 N–H and O–H groups in total. The van der Waals surface area contributed by atoms with E-state index in [1.165, 1.54) is 0 Å². The molecule has 0 fully saturated rings. The molecule has 0 atom stereocenters. The Labute approximate surface area is 115 Å². The van der Waals surface area contributed by atoms with E-state index in [2.05, 4.69) is 20.5 Å². The average molecular weight is 269 g/mol. The van der Waals surface area contributed by atoms with Gasteiger partial charge in [-0.1, -0.05) is 12.1 Å². The van der Waals surface area contributed by atoms with Crippen LogP contribution in [0.5, 0.6) is 0 Å². The summed E-state index contributed by atoms with van der Waals surface area (Å²) in [6.07, 6.45) is 1.71. The van der Waals surface area contributed by atoms with Gasteiger partial charge in [-0.15, -0.1) is 0 Å². The van der Waals surface area contributed by atoms with Crippen LogP contribution in [0, 0.1) is 6.92 Å². The molecule has 0 aliphatic heterocycles. The Balaban J connectivity index is 1.79. The lowest BCUT2D eigenvalue weighted by molar-refractivity contribution is 0.0947. The lowest BCUT2D eigenvalue weighted by atomic mass is 10.2. The van der Waals surface area contributed by atoms with Crippen molar-refractivity contribution in [1.82, 2.24) is 20.5 Å². The second-order valence-corrected chi connectivity index (χ2v) is 4.70. The number of aromatic nitrogens is 3. The molecule has 3 rings (SSSR count). The zero-order valence-electron chi connectivity index (χ0n) is 11.0. The van der Waals surface area contributed by atoms with E-state index in [9.17, 15) is 4.79 Å². The fourth-order valence-electron chi connectivity index (χ4n) is 2.13. The summed E-state index contributed by atoms with van der Waals surface area (Å²) in [6.45, 7) is 2.35. The zero-order valence-corrected chi connectivity index (χ0v) is 11.0. The summed E-state index contributed by atoms with van der Waals surface area (Å²) in [4.78, 5) is 15.2. The third-order valence-electron chi connectivity index (χ3n) is 3.31. The predicted octanol–water partition coefficient (Wildman–Crippen LogP) is 1.71. The van der Waals surface area contributed by atoms with Crippen LogP contribution in [0.25, 0.3) is 10.9 Å². The van der Waals surface area contributed by atoms with Gasteiger partial charge < -0.3 is 16.0 Å². The summed E-state index contributed by atoms with van der Waals surface area (Å²) in [5.74, 6) is -0.166. The van der Waals surface area contributed by atoms with Crippen LogP contribution in [0.3, 0.4) is 0 Å². The van der Waals surface area contributed by atoms with Crippen LogP contribution in [0.4, 0.5) is 5.69 Å². The van der Waals surface area contributed by atoms with Gasteiger partial charge in [0.2, 0.25) is 0 Å². The number of fused-ring (bicyclic) bond motifs is 1. The van der Waals surface area contributed by atoms with E-state index in [1.807, 2.05) is 19.1 Å². The minimum Gasteiger partial charge on any atom is -0.397 e. The molecular weight excluding hydrogens is 254 g/mol. The van der Waals surface area contributed by atoms with Crippen molar-refractivity contribution in [1.29, 1.82) is 0 Å². The largest absolute Gasteiger partial charge is 0.397 e. The maximum absolute atomic E-state index is 12.1. The molecule has 20 heavy (non-hydrogen) atoms. The quantitative estimate of drug-likeness (QED) is 0.545. The molecular formula is C14H15N5O. The number of anilines is 1. The second kappa shape index (κ2) is 4.73. The predicted molar refractivity (Wildman–Crippen MR) is 77.2 cm³/mol. The molecule has 0 saturated heterocycles. The van der Waals surface area contributed by atoms with E-state index in [0.717, 1.165) is 22.2 Å². The summed E-state index contributed by atoms with van der Waals surface area (Å²) < 4.78 is 0. The highest BCUT2D eigenvalue weighted by atomic mass is 16.1. The van der Waals surface area contributed by atoms with E-state index in [0.29, 0.717) is 17.9 Å². The number of aryl methyl sites for hydroxylation is 1. The Hall–Kier alpha value is -2.76. The van der Waals surface area contributed by atoms with Gasteiger partial charge in [0, 0.05) is 23.2 Å². The summed E-state index contributed by atoms with van der Waals surface area (Å²) >= 11 is 0. The number of amides is 1. The van der Waals surface area contributed by atoms with Crippen molar-refractivity contribution in [2.24, 2.45) is 0 Å². The highest BCUT2D eigenvalue weighted by molar-refractivity contribution is 6.00. The maximum atomic E-state index is 12.1. The SMILES string of the molecule is Cc1[nH]ncc1CNC(=O)c1cc2cccc(N)c2[nH]1. The Morgan fingerprint density at radius 2 is 2.30 bits per heavy atom. The Morgan fingerprint density at radius 3 is 3.00 bits per heavy atom. The fourth-order valence-corrected chi connectivity index (χ4v) is 2.13. The average Bonchev–Trinajstić information content (AvgIpc) is 3.03. The minimum absolute atomic E-state index is 0.166. The number of hydrogen-bond acceptors (Lipinski definition) is 3. The first kappa shape index (κ1) is 12.3. The van der Waals surface area contributed by atoms with Crippen LogP contribution in [0.2, 0.25) is 0 Å². The molecule has 6 nitrogen and oxygen atoms in total. The molecule has 2 aromatic heterocycles. The van der Waals surface area contributed by atoms with E-state index in [4.69, 9.17) is 5.73 Å². The molecule has 0 aliphatic carbocycles. The number of carbonyl (C=O) groups excluding carboxylic acids is 1. The molecule has 1 aromatic carbocycles. The van der Waals surface area contributed by atoms with Gasteiger partial charge in [-0.25, -0.2) is 0 Å². The number of nitrogens with one attached hydrogen (secondary N) is 3. The van der Waals surface area contributed by atoms with Gasteiger partial charge >= 0.3 is 0 Å². The van der Waals surface area contributed by atoms with E-state index >= 15 is 0 Å². The number of hydrogen-bond donors (Lipinski definition) is 4. The standard InChI is InChI=1S/C14H15N5O/c1-8-10(7-17-19-8)6-16-14(20)12-5-9-3-2-4-11(15)13(9)18-12/h2-5,7,18H,6,15H2,1H3,(H,16,20)(H,17,19). The van der Waals surface area contributed by atoms with Crippen molar-refractivity contribution in [3.8, 4) is 0 Å². The van der Waals surface area contributed by atoms with Crippen LogP contribution in [0.1, 0.15) is 21.7 Å². The fraction of sp³-hybridized carbons (Fsp3) is 0.143.